The zero-order valence-corrected chi connectivity index (χ0v) is 14.4. The van der Waals surface area contributed by atoms with E-state index < -0.39 is 6.10 Å². The lowest BCUT2D eigenvalue weighted by molar-refractivity contribution is -0.156. The number of nitrogens with zero attached hydrogens (tertiary/aromatic N) is 1. The molecule has 1 saturated carbocycles. The smallest absolute Gasteiger partial charge is 0.174 e. The first kappa shape index (κ1) is 14.7. The van der Waals surface area contributed by atoms with Crippen molar-refractivity contribution in [3.05, 3.63) is 23.3 Å². The molecule has 0 aromatic heterocycles. The van der Waals surface area contributed by atoms with Gasteiger partial charge in [-0.25, -0.2) is 0 Å². The number of methoxy groups -OCH3 is 1. The predicted octanol–water partition coefficient (Wildman–Crippen LogP) is 2.19. The molecule has 5 heteroatoms. The Hall–Kier alpha value is -1.59. The molecule has 1 aromatic carbocycles. The van der Waals surface area contributed by atoms with Crippen LogP contribution in [-0.4, -0.2) is 48.8 Å². The van der Waals surface area contributed by atoms with Crippen LogP contribution in [-0.2, 0) is 14.9 Å². The largest absolute Gasteiger partial charge is 0.493 e. The minimum absolute atomic E-state index is 0.203. The Morgan fingerprint density at radius 1 is 1.33 bits per heavy atom. The van der Waals surface area contributed by atoms with Crippen molar-refractivity contribution in [1.29, 1.82) is 0 Å². The zero-order valence-electron chi connectivity index (χ0n) is 14.4. The van der Waals surface area contributed by atoms with E-state index in [0.717, 1.165) is 36.4 Å². The fourth-order valence-corrected chi connectivity index (χ4v) is 5.83. The summed E-state index contributed by atoms with van der Waals surface area (Å²) in [5, 5.41) is 0. The lowest BCUT2D eigenvalue weighted by atomic mass is 9.53. The van der Waals surface area contributed by atoms with Gasteiger partial charge in [0.2, 0.25) is 0 Å². The summed E-state index contributed by atoms with van der Waals surface area (Å²) in [5.41, 5.74) is 1.58. The van der Waals surface area contributed by atoms with Crippen molar-refractivity contribution in [2.75, 3.05) is 20.4 Å². The van der Waals surface area contributed by atoms with Gasteiger partial charge >= 0.3 is 0 Å². The van der Waals surface area contributed by atoms with Crippen LogP contribution < -0.4 is 9.47 Å². The van der Waals surface area contributed by atoms with E-state index in [1.165, 1.54) is 5.56 Å². The molecule has 1 aromatic rings. The van der Waals surface area contributed by atoms with E-state index in [1.807, 2.05) is 6.07 Å². The fraction of sp³-hybridized carbons (Fsp3) is 0.632. The molecule has 1 aliphatic carbocycles. The van der Waals surface area contributed by atoms with E-state index in [2.05, 4.69) is 24.8 Å². The summed E-state index contributed by atoms with van der Waals surface area (Å²) in [4.78, 5) is 15.2. The number of aryl methyl sites for hydroxylation is 1. The normalized spacial score (nSPS) is 42.1. The molecule has 2 bridgehead atoms. The number of ketones is 1. The molecule has 5 nitrogen and oxygen atoms in total. The Kier molecular flexibility index (Phi) is 2.78. The molecule has 128 valence electrons. The molecule has 4 aliphatic rings. The van der Waals surface area contributed by atoms with E-state index in [9.17, 15) is 4.79 Å². The highest BCUT2D eigenvalue weighted by atomic mass is 16.6. The van der Waals surface area contributed by atoms with Gasteiger partial charge in [-0.05, 0) is 38.3 Å². The molecule has 2 saturated heterocycles. The van der Waals surface area contributed by atoms with Crippen molar-refractivity contribution >= 4 is 5.78 Å². The number of piperidine rings is 1. The number of benzene rings is 1. The maximum absolute atomic E-state index is 12.8. The second-order valence-electron chi connectivity index (χ2n) is 7.63. The summed E-state index contributed by atoms with van der Waals surface area (Å²) in [6.45, 7) is 5.94. The molecule has 3 heterocycles. The summed E-state index contributed by atoms with van der Waals surface area (Å²) < 4.78 is 18.3. The summed E-state index contributed by atoms with van der Waals surface area (Å²) in [5.74, 6) is 1.68. The van der Waals surface area contributed by atoms with Gasteiger partial charge in [-0.2, -0.15) is 0 Å². The summed E-state index contributed by atoms with van der Waals surface area (Å²) >= 11 is 0. The lowest BCUT2D eigenvalue weighted by Crippen LogP contribution is -2.70. The SMILES string of the molecule is COc1ccc(C)c2c1O[C@H]1C(=O)CCC34OCN(CCC213)C4C. The van der Waals surface area contributed by atoms with Gasteiger partial charge in [0.15, 0.2) is 23.4 Å². The molecule has 3 aliphatic heterocycles. The van der Waals surface area contributed by atoms with Crippen LogP contribution in [0.3, 0.4) is 0 Å². The average Bonchev–Trinajstić information content (AvgIpc) is 3.02. The molecule has 5 rings (SSSR count). The third-order valence-corrected chi connectivity index (χ3v) is 6.97. The molecular weight excluding hydrogens is 306 g/mol. The van der Waals surface area contributed by atoms with E-state index in [4.69, 9.17) is 14.2 Å². The summed E-state index contributed by atoms with van der Waals surface area (Å²) in [7, 11) is 1.66. The Balaban J connectivity index is 1.83. The van der Waals surface area contributed by atoms with Crippen LogP contribution in [0, 0.1) is 6.92 Å². The Bertz CT molecular complexity index is 747. The highest BCUT2D eigenvalue weighted by Crippen LogP contribution is 2.64. The second kappa shape index (κ2) is 4.52. The molecule has 2 spiro atoms. The number of hydrogen-bond acceptors (Lipinski definition) is 5. The first-order valence-corrected chi connectivity index (χ1v) is 8.80. The number of hydrogen-bond donors (Lipinski definition) is 0. The van der Waals surface area contributed by atoms with Crippen LogP contribution in [0.1, 0.15) is 37.3 Å². The van der Waals surface area contributed by atoms with Crippen LogP contribution in [0.2, 0.25) is 0 Å². The van der Waals surface area contributed by atoms with E-state index in [0.29, 0.717) is 19.2 Å². The third kappa shape index (κ3) is 1.39. The van der Waals surface area contributed by atoms with E-state index in [1.54, 1.807) is 7.11 Å². The van der Waals surface area contributed by atoms with Gasteiger partial charge < -0.3 is 14.2 Å². The van der Waals surface area contributed by atoms with Gasteiger partial charge in [-0.3, -0.25) is 9.69 Å². The topological polar surface area (TPSA) is 48.0 Å². The Labute approximate surface area is 141 Å². The molecule has 3 fully saturated rings. The number of ether oxygens (including phenoxy) is 3. The van der Waals surface area contributed by atoms with Crippen molar-refractivity contribution in [1.82, 2.24) is 4.90 Å². The van der Waals surface area contributed by atoms with Crippen molar-refractivity contribution in [2.45, 2.75) is 56.3 Å². The summed E-state index contributed by atoms with van der Waals surface area (Å²) in [6.07, 6.45) is 1.76. The molecule has 24 heavy (non-hydrogen) atoms. The number of carbonyl (C=O) groups is 1. The minimum Gasteiger partial charge on any atom is -0.493 e. The second-order valence-corrected chi connectivity index (χ2v) is 7.63. The molecule has 0 radical (unpaired) electrons. The van der Waals surface area contributed by atoms with E-state index in [-0.39, 0.29) is 16.8 Å². The third-order valence-electron chi connectivity index (χ3n) is 6.97. The quantitative estimate of drug-likeness (QED) is 0.790. The van der Waals surface area contributed by atoms with Crippen molar-refractivity contribution in [2.24, 2.45) is 0 Å². The minimum atomic E-state index is -0.445. The number of Topliss-reactive ketones (excluding diaryl/α,β-unsaturated/α-hetero) is 1. The standard InChI is InChI=1S/C19H23NO4/c1-11-4-5-14(22-3)16-15(11)18-8-9-20-10-23-19(18,12(20)2)7-6-13(21)17(18)24-16/h4-5,12,17H,6-10H2,1-3H3/t12?,17-,18?,19?/m0/s1. The molecule has 4 unspecified atom stereocenters. The lowest BCUT2D eigenvalue weighted by Gasteiger charge is -2.55. The predicted molar refractivity (Wildman–Crippen MR) is 87.5 cm³/mol. The van der Waals surface area contributed by atoms with Crippen molar-refractivity contribution in [3.8, 4) is 11.5 Å². The zero-order chi connectivity index (χ0) is 16.7. The Morgan fingerprint density at radius 2 is 2.17 bits per heavy atom. The highest BCUT2D eigenvalue weighted by Gasteiger charge is 2.73. The van der Waals surface area contributed by atoms with Gasteiger partial charge in [-0.1, -0.05) is 6.07 Å². The maximum atomic E-state index is 12.8. The van der Waals surface area contributed by atoms with Gasteiger partial charge in [0.05, 0.1) is 18.1 Å². The van der Waals surface area contributed by atoms with Crippen molar-refractivity contribution < 1.29 is 19.0 Å². The van der Waals surface area contributed by atoms with Gasteiger partial charge in [0, 0.05) is 24.6 Å². The highest BCUT2D eigenvalue weighted by molar-refractivity contribution is 5.89. The van der Waals surface area contributed by atoms with E-state index >= 15 is 0 Å². The maximum Gasteiger partial charge on any atom is 0.174 e. The fourth-order valence-electron chi connectivity index (χ4n) is 5.83. The Morgan fingerprint density at radius 3 is 2.96 bits per heavy atom. The first-order chi connectivity index (χ1) is 11.5. The van der Waals surface area contributed by atoms with Crippen LogP contribution in [0.5, 0.6) is 11.5 Å². The first-order valence-electron chi connectivity index (χ1n) is 8.80. The number of rotatable bonds is 1. The monoisotopic (exact) mass is 329 g/mol. The summed E-state index contributed by atoms with van der Waals surface area (Å²) in [6, 6.07) is 4.31. The number of fused-ring (bicyclic) bond motifs is 2. The van der Waals surface area contributed by atoms with Gasteiger partial charge in [0.1, 0.15) is 6.73 Å². The van der Waals surface area contributed by atoms with Crippen LogP contribution >= 0.6 is 0 Å². The van der Waals surface area contributed by atoms with Crippen LogP contribution in [0.4, 0.5) is 0 Å². The van der Waals surface area contributed by atoms with Gasteiger partial charge in [0.25, 0.3) is 0 Å². The van der Waals surface area contributed by atoms with Crippen LogP contribution in [0.15, 0.2) is 12.1 Å². The van der Waals surface area contributed by atoms with Crippen LogP contribution in [0.25, 0.3) is 0 Å². The van der Waals surface area contributed by atoms with Crippen molar-refractivity contribution in [3.63, 3.8) is 0 Å². The molecule has 0 N–H and O–H groups in total. The molecule has 0 amide bonds. The van der Waals surface area contributed by atoms with Gasteiger partial charge in [-0.15, -0.1) is 0 Å². The average molecular weight is 329 g/mol. The molecule has 5 atom stereocenters. The molecular formula is C19H23NO4. The number of carbonyl (C=O) groups excluding carboxylic acids is 1.